The lowest BCUT2D eigenvalue weighted by molar-refractivity contribution is 0.340. The number of sulfonamides is 1. The molecule has 0 spiro atoms. The fourth-order valence-electron chi connectivity index (χ4n) is 3.15. The average molecular weight is 413 g/mol. The molecule has 0 atom stereocenters. The number of nitrogens with zero attached hydrogens (tertiary/aromatic N) is 3. The number of ether oxygens (including phenoxy) is 1. The van der Waals surface area contributed by atoms with Gasteiger partial charge in [0, 0.05) is 36.1 Å². The molecule has 1 N–H and O–H groups in total. The van der Waals surface area contributed by atoms with Crippen LogP contribution in [-0.2, 0) is 16.6 Å². The maximum Gasteiger partial charge on any atom is 0.215 e. The first kappa shape index (κ1) is 19.6. The molecule has 4 rings (SSSR count). The molecule has 0 unspecified atom stereocenters. The summed E-state index contributed by atoms with van der Waals surface area (Å²) in [6.07, 6.45) is 5.81. The van der Waals surface area contributed by atoms with Crippen molar-refractivity contribution in [2.45, 2.75) is 25.3 Å². The summed E-state index contributed by atoms with van der Waals surface area (Å²) >= 11 is 0. The van der Waals surface area contributed by atoms with Crippen molar-refractivity contribution in [1.82, 2.24) is 19.5 Å². The monoisotopic (exact) mass is 412 g/mol. The molecule has 29 heavy (non-hydrogen) atoms. The van der Waals surface area contributed by atoms with Gasteiger partial charge in [-0.15, -0.1) is 0 Å². The number of rotatable bonds is 10. The number of para-hydroxylation sites is 1. The Labute approximate surface area is 170 Å². The summed E-state index contributed by atoms with van der Waals surface area (Å²) in [5.74, 6) is 1.10. The van der Waals surface area contributed by atoms with Crippen molar-refractivity contribution >= 4 is 10.0 Å². The molecule has 3 aromatic rings. The lowest BCUT2D eigenvalue weighted by Crippen LogP contribution is -2.32. The molecule has 2 aromatic heterocycles. The zero-order chi connectivity index (χ0) is 20.1. The Balaban J connectivity index is 1.32. The van der Waals surface area contributed by atoms with Crippen LogP contribution >= 0.6 is 0 Å². The second-order valence-corrected chi connectivity index (χ2v) is 8.99. The first-order valence-electron chi connectivity index (χ1n) is 9.74. The highest BCUT2D eigenvalue weighted by atomic mass is 32.2. The third kappa shape index (κ3) is 5.42. The maximum atomic E-state index is 12.2. The van der Waals surface area contributed by atoms with E-state index in [1.807, 2.05) is 35.0 Å². The number of aromatic nitrogens is 3. The van der Waals surface area contributed by atoms with Gasteiger partial charge in [-0.3, -0.25) is 9.67 Å². The fraction of sp³-hybridized carbons (Fsp3) is 0.333. The van der Waals surface area contributed by atoms with Gasteiger partial charge in [-0.2, -0.15) is 5.10 Å². The molecule has 7 nitrogen and oxygen atoms in total. The van der Waals surface area contributed by atoms with Crippen LogP contribution in [0.5, 0.6) is 5.75 Å². The molecule has 1 fully saturated rings. The molecule has 8 heteroatoms. The molecule has 1 aromatic carbocycles. The van der Waals surface area contributed by atoms with E-state index in [1.165, 1.54) is 5.69 Å². The van der Waals surface area contributed by atoms with Crippen LogP contribution in [-0.4, -0.2) is 42.1 Å². The second-order valence-electron chi connectivity index (χ2n) is 7.06. The molecule has 1 aliphatic rings. The predicted octanol–water partition coefficient (Wildman–Crippen LogP) is 2.82. The van der Waals surface area contributed by atoms with E-state index in [1.54, 1.807) is 24.5 Å². The van der Waals surface area contributed by atoms with Gasteiger partial charge < -0.3 is 4.74 Å². The highest BCUT2D eigenvalue weighted by Crippen LogP contribution is 2.41. The molecule has 1 saturated carbocycles. The number of pyridine rings is 1. The number of hydrogen-bond acceptors (Lipinski definition) is 5. The Morgan fingerprint density at radius 1 is 1.10 bits per heavy atom. The van der Waals surface area contributed by atoms with E-state index in [-0.39, 0.29) is 12.4 Å². The standard InChI is InChI=1S/C21H24N4O3S/c26-29(27,15-14-28-19-4-2-1-3-5-19)23-12-13-25-21(18-6-7-18)16-20(24-25)17-8-10-22-11-9-17/h1-5,8-11,16,18,23H,6-7,12-15H2. The van der Waals surface area contributed by atoms with Crippen molar-refractivity contribution in [2.24, 2.45) is 0 Å². The molecule has 0 aliphatic heterocycles. The first-order valence-corrected chi connectivity index (χ1v) is 11.4. The Morgan fingerprint density at radius 2 is 1.86 bits per heavy atom. The van der Waals surface area contributed by atoms with Gasteiger partial charge in [0.2, 0.25) is 10.0 Å². The first-order chi connectivity index (χ1) is 14.1. The third-order valence-electron chi connectivity index (χ3n) is 4.79. The SMILES string of the molecule is O=S(=O)(CCOc1ccccc1)NCCn1nc(-c2ccncc2)cc1C1CC1. The summed E-state index contributed by atoms with van der Waals surface area (Å²) in [6.45, 7) is 0.904. The van der Waals surface area contributed by atoms with Crippen LogP contribution in [0.3, 0.4) is 0 Å². The number of hydrogen-bond donors (Lipinski definition) is 1. The Bertz CT molecular complexity index is 1030. The lowest BCUT2D eigenvalue weighted by Gasteiger charge is -2.10. The molecule has 0 radical (unpaired) electrons. The molecular weight excluding hydrogens is 388 g/mol. The summed E-state index contributed by atoms with van der Waals surface area (Å²) in [6, 6.07) is 15.2. The predicted molar refractivity (Wildman–Crippen MR) is 111 cm³/mol. The van der Waals surface area contributed by atoms with E-state index in [0.29, 0.717) is 24.8 Å². The lowest BCUT2D eigenvalue weighted by atomic mass is 10.2. The quantitative estimate of drug-likeness (QED) is 0.553. The van der Waals surface area contributed by atoms with E-state index >= 15 is 0 Å². The van der Waals surface area contributed by atoms with Crippen LogP contribution in [0, 0.1) is 0 Å². The summed E-state index contributed by atoms with van der Waals surface area (Å²) < 4.78 is 34.5. The Morgan fingerprint density at radius 3 is 2.59 bits per heavy atom. The molecular formula is C21H24N4O3S. The minimum atomic E-state index is -3.41. The van der Waals surface area contributed by atoms with E-state index in [9.17, 15) is 8.42 Å². The highest BCUT2D eigenvalue weighted by Gasteiger charge is 2.28. The van der Waals surface area contributed by atoms with E-state index in [4.69, 9.17) is 9.84 Å². The van der Waals surface area contributed by atoms with Gasteiger partial charge in [0.05, 0.1) is 18.0 Å². The largest absolute Gasteiger partial charge is 0.492 e. The minimum absolute atomic E-state index is 0.0846. The van der Waals surface area contributed by atoms with Crippen molar-refractivity contribution in [3.63, 3.8) is 0 Å². The molecule has 1 aliphatic carbocycles. The minimum Gasteiger partial charge on any atom is -0.492 e. The van der Waals surface area contributed by atoms with Crippen molar-refractivity contribution in [2.75, 3.05) is 18.9 Å². The van der Waals surface area contributed by atoms with Gasteiger partial charge in [-0.05, 0) is 43.2 Å². The maximum absolute atomic E-state index is 12.2. The normalized spacial score (nSPS) is 14.1. The van der Waals surface area contributed by atoms with E-state index < -0.39 is 10.0 Å². The number of benzene rings is 1. The van der Waals surface area contributed by atoms with Gasteiger partial charge in [0.15, 0.2) is 0 Å². The van der Waals surface area contributed by atoms with E-state index in [0.717, 1.165) is 24.1 Å². The fourth-order valence-corrected chi connectivity index (χ4v) is 4.00. The van der Waals surface area contributed by atoms with Crippen LogP contribution in [0.4, 0.5) is 0 Å². The zero-order valence-corrected chi connectivity index (χ0v) is 16.9. The van der Waals surface area contributed by atoms with Gasteiger partial charge >= 0.3 is 0 Å². The number of nitrogens with one attached hydrogen (secondary N) is 1. The summed E-state index contributed by atoms with van der Waals surface area (Å²) in [4.78, 5) is 4.05. The van der Waals surface area contributed by atoms with Crippen LogP contribution in [0.15, 0.2) is 60.9 Å². The van der Waals surface area contributed by atoms with Crippen molar-refractivity contribution in [3.8, 4) is 17.0 Å². The molecule has 152 valence electrons. The molecule has 2 heterocycles. The van der Waals surface area contributed by atoms with Gasteiger partial charge in [-0.25, -0.2) is 13.1 Å². The van der Waals surface area contributed by atoms with E-state index in [2.05, 4.69) is 15.8 Å². The second kappa shape index (κ2) is 8.75. The van der Waals surface area contributed by atoms with Crippen molar-refractivity contribution in [3.05, 3.63) is 66.6 Å². The topological polar surface area (TPSA) is 86.1 Å². The third-order valence-corrected chi connectivity index (χ3v) is 6.14. The van der Waals surface area contributed by atoms with Crippen LogP contribution < -0.4 is 9.46 Å². The Kier molecular flexibility index (Phi) is 5.92. The summed E-state index contributed by atoms with van der Waals surface area (Å²) in [7, 11) is -3.41. The molecule has 0 bridgehead atoms. The van der Waals surface area contributed by atoms with Crippen molar-refractivity contribution < 1.29 is 13.2 Å². The highest BCUT2D eigenvalue weighted by molar-refractivity contribution is 7.89. The average Bonchev–Trinajstić information content (AvgIpc) is 3.49. The van der Waals surface area contributed by atoms with Gasteiger partial charge in [-0.1, -0.05) is 18.2 Å². The zero-order valence-electron chi connectivity index (χ0n) is 16.1. The summed E-state index contributed by atoms with van der Waals surface area (Å²) in [5, 5.41) is 4.69. The van der Waals surface area contributed by atoms with Gasteiger partial charge in [0.25, 0.3) is 0 Å². The smallest absolute Gasteiger partial charge is 0.215 e. The summed E-state index contributed by atoms with van der Waals surface area (Å²) in [5.41, 5.74) is 3.08. The van der Waals surface area contributed by atoms with Crippen LogP contribution in [0.1, 0.15) is 24.5 Å². The van der Waals surface area contributed by atoms with Crippen LogP contribution in [0.25, 0.3) is 11.3 Å². The van der Waals surface area contributed by atoms with Crippen molar-refractivity contribution in [1.29, 1.82) is 0 Å². The molecule has 0 amide bonds. The Hall–Kier alpha value is -2.71. The van der Waals surface area contributed by atoms with Gasteiger partial charge in [0.1, 0.15) is 12.4 Å². The van der Waals surface area contributed by atoms with Crippen LogP contribution in [0.2, 0.25) is 0 Å². The molecule has 0 saturated heterocycles.